The van der Waals surface area contributed by atoms with Gasteiger partial charge < -0.3 is 15.7 Å². The van der Waals surface area contributed by atoms with Crippen LogP contribution in [0.25, 0.3) is 21.8 Å². The molecule has 0 spiro atoms. The number of carboxylic acids is 1. The fraction of sp³-hybridized carbons (Fsp3) is 0.0357. The summed E-state index contributed by atoms with van der Waals surface area (Å²) in [5.74, 6) is -3.76. The van der Waals surface area contributed by atoms with Crippen molar-refractivity contribution in [3.63, 3.8) is 0 Å². The Hall–Kier alpha value is -5.18. The Kier molecular flexibility index (Phi) is 6.02. The van der Waals surface area contributed by atoms with Gasteiger partial charge in [0.2, 0.25) is 0 Å². The summed E-state index contributed by atoms with van der Waals surface area (Å²) in [6.07, 6.45) is 3.07. The first-order valence-corrected chi connectivity index (χ1v) is 11.2. The van der Waals surface area contributed by atoms with Crippen LogP contribution in [-0.4, -0.2) is 32.9 Å². The number of carbonyl (C=O) groups is 3. The minimum absolute atomic E-state index is 0.122. The SMILES string of the molecule is O=C(O)c1ccc(C(F)(C(=O)Nc2cccc3cccnc23)C(=O)Nc2cccc3cccnc23)cc1. The van der Waals surface area contributed by atoms with E-state index in [4.69, 9.17) is 0 Å². The third-order valence-electron chi connectivity index (χ3n) is 5.92. The highest BCUT2D eigenvalue weighted by atomic mass is 19.1. The number of para-hydroxylation sites is 2. The van der Waals surface area contributed by atoms with Crippen LogP contribution in [0.5, 0.6) is 0 Å². The van der Waals surface area contributed by atoms with Crippen molar-refractivity contribution in [1.29, 1.82) is 0 Å². The highest BCUT2D eigenvalue weighted by molar-refractivity contribution is 6.20. The maximum absolute atomic E-state index is 16.8. The molecule has 9 heteroatoms. The van der Waals surface area contributed by atoms with E-state index in [9.17, 15) is 19.5 Å². The van der Waals surface area contributed by atoms with Crippen molar-refractivity contribution in [2.24, 2.45) is 0 Å². The number of alkyl halides is 1. The minimum atomic E-state index is -3.23. The number of carboxylic acid groups (broad SMARTS) is 1. The van der Waals surface area contributed by atoms with Crippen molar-refractivity contribution in [2.75, 3.05) is 10.6 Å². The number of hydrogen-bond acceptors (Lipinski definition) is 5. The molecule has 0 fully saturated rings. The summed E-state index contributed by atoms with van der Waals surface area (Å²) >= 11 is 0. The van der Waals surface area contributed by atoms with Crippen LogP contribution >= 0.6 is 0 Å². The summed E-state index contributed by atoms with van der Waals surface area (Å²) in [4.78, 5) is 46.8. The number of pyridine rings is 2. The quantitative estimate of drug-likeness (QED) is 0.288. The van der Waals surface area contributed by atoms with Gasteiger partial charge in [0, 0.05) is 28.7 Å². The zero-order valence-electron chi connectivity index (χ0n) is 19.2. The number of benzene rings is 3. The number of rotatable bonds is 6. The monoisotopic (exact) mass is 494 g/mol. The van der Waals surface area contributed by atoms with Crippen LogP contribution < -0.4 is 10.6 Å². The third kappa shape index (κ3) is 4.34. The highest BCUT2D eigenvalue weighted by Gasteiger charge is 2.49. The highest BCUT2D eigenvalue weighted by Crippen LogP contribution is 2.33. The normalized spacial score (nSPS) is 11.3. The van der Waals surface area contributed by atoms with Crippen molar-refractivity contribution in [3.8, 4) is 0 Å². The minimum Gasteiger partial charge on any atom is -0.478 e. The lowest BCUT2D eigenvalue weighted by Gasteiger charge is -2.24. The molecule has 2 heterocycles. The van der Waals surface area contributed by atoms with Crippen molar-refractivity contribution in [1.82, 2.24) is 9.97 Å². The van der Waals surface area contributed by atoms with Crippen LogP contribution in [0.2, 0.25) is 0 Å². The Balaban J connectivity index is 1.57. The van der Waals surface area contributed by atoms with Crippen molar-refractivity contribution in [3.05, 3.63) is 108 Å². The van der Waals surface area contributed by atoms with Crippen LogP contribution in [0.3, 0.4) is 0 Å². The van der Waals surface area contributed by atoms with Gasteiger partial charge in [0.1, 0.15) is 0 Å². The van der Waals surface area contributed by atoms with Gasteiger partial charge in [-0.1, -0.05) is 48.5 Å². The molecular formula is C28H19FN4O4. The lowest BCUT2D eigenvalue weighted by Crippen LogP contribution is -2.46. The van der Waals surface area contributed by atoms with Gasteiger partial charge in [-0.2, -0.15) is 0 Å². The second kappa shape index (κ2) is 9.46. The first-order valence-electron chi connectivity index (χ1n) is 11.2. The number of nitrogens with one attached hydrogen (secondary N) is 2. The van der Waals surface area contributed by atoms with Crippen molar-refractivity contribution in [2.45, 2.75) is 5.67 Å². The van der Waals surface area contributed by atoms with Crippen LogP contribution in [0.4, 0.5) is 15.8 Å². The molecular weight excluding hydrogens is 475 g/mol. The summed E-state index contributed by atoms with van der Waals surface area (Å²) in [6, 6.07) is 21.5. The van der Waals surface area contributed by atoms with E-state index < -0.39 is 23.5 Å². The van der Waals surface area contributed by atoms with Crippen LogP contribution in [0.1, 0.15) is 15.9 Å². The molecule has 3 aromatic carbocycles. The first kappa shape index (κ1) is 23.6. The number of anilines is 2. The average Bonchev–Trinajstić information content (AvgIpc) is 2.93. The lowest BCUT2D eigenvalue weighted by molar-refractivity contribution is -0.140. The molecule has 0 saturated heterocycles. The van der Waals surface area contributed by atoms with E-state index in [1.165, 1.54) is 12.4 Å². The second-order valence-electron chi connectivity index (χ2n) is 8.21. The number of aromatic carboxylic acids is 1. The van der Waals surface area contributed by atoms with Crippen LogP contribution in [0.15, 0.2) is 97.3 Å². The van der Waals surface area contributed by atoms with Crippen molar-refractivity contribution < 1.29 is 23.9 Å². The number of fused-ring (bicyclic) bond motifs is 2. The summed E-state index contributed by atoms with van der Waals surface area (Å²) in [6.45, 7) is 0. The summed E-state index contributed by atoms with van der Waals surface area (Å²) in [5, 5.41) is 15.6. The average molecular weight is 494 g/mol. The molecule has 3 N–H and O–H groups in total. The molecule has 0 aliphatic carbocycles. The van der Waals surface area contributed by atoms with Gasteiger partial charge in [-0.15, -0.1) is 0 Å². The third-order valence-corrected chi connectivity index (χ3v) is 5.92. The molecule has 0 unspecified atom stereocenters. The molecule has 182 valence electrons. The van der Waals surface area contributed by atoms with Gasteiger partial charge in [-0.3, -0.25) is 19.6 Å². The van der Waals surface area contributed by atoms with Crippen LogP contribution in [-0.2, 0) is 15.3 Å². The zero-order chi connectivity index (χ0) is 26.0. The van der Waals surface area contributed by atoms with Gasteiger partial charge in [-0.25, -0.2) is 9.18 Å². The molecule has 0 saturated carbocycles. The topological polar surface area (TPSA) is 121 Å². The molecule has 2 aromatic heterocycles. The maximum Gasteiger partial charge on any atom is 0.335 e. The van der Waals surface area contributed by atoms with E-state index in [0.717, 1.165) is 24.3 Å². The number of carbonyl (C=O) groups excluding carboxylic acids is 2. The van der Waals surface area contributed by atoms with Gasteiger partial charge >= 0.3 is 5.97 Å². The fourth-order valence-electron chi connectivity index (χ4n) is 4.03. The number of halogens is 1. The number of hydrogen-bond donors (Lipinski definition) is 3. The summed E-state index contributed by atoms with van der Waals surface area (Å²) < 4.78 is 16.8. The smallest absolute Gasteiger partial charge is 0.335 e. The fourth-order valence-corrected chi connectivity index (χ4v) is 4.03. The van der Waals surface area contributed by atoms with E-state index >= 15 is 4.39 Å². The Labute approximate surface area is 209 Å². The van der Waals surface area contributed by atoms with E-state index in [0.29, 0.717) is 21.8 Å². The molecule has 0 aliphatic rings. The van der Waals surface area contributed by atoms with E-state index in [-0.39, 0.29) is 22.5 Å². The zero-order valence-corrected chi connectivity index (χ0v) is 19.2. The summed E-state index contributed by atoms with van der Waals surface area (Å²) in [7, 11) is 0. The molecule has 0 bridgehead atoms. The molecule has 0 radical (unpaired) electrons. The van der Waals surface area contributed by atoms with Gasteiger partial charge in [0.15, 0.2) is 0 Å². The molecule has 2 amide bonds. The van der Waals surface area contributed by atoms with Gasteiger partial charge in [-0.05, 0) is 36.4 Å². The van der Waals surface area contributed by atoms with Gasteiger partial charge in [0.25, 0.3) is 17.5 Å². The number of nitrogens with zero attached hydrogens (tertiary/aromatic N) is 2. The Morgan fingerprint density at radius 3 is 1.59 bits per heavy atom. The second-order valence-corrected chi connectivity index (χ2v) is 8.21. The Bertz CT molecular complexity index is 1570. The van der Waals surface area contributed by atoms with Gasteiger partial charge in [0.05, 0.1) is 28.0 Å². The molecule has 0 aliphatic heterocycles. The van der Waals surface area contributed by atoms with E-state index in [1.54, 1.807) is 60.7 Å². The first-order chi connectivity index (χ1) is 17.9. The molecule has 37 heavy (non-hydrogen) atoms. The number of amides is 2. The Morgan fingerprint density at radius 1 is 0.676 bits per heavy atom. The van der Waals surface area contributed by atoms with E-state index in [1.807, 2.05) is 0 Å². The Morgan fingerprint density at radius 2 is 1.14 bits per heavy atom. The molecule has 5 aromatic rings. The lowest BCUT2D eigenvalue weighted by atomic mass is 9.92. The van der Waals surface area contributed by atoms with Crippen molar-refractivity contribution >= 4 is 51.0 Å². The predicted octanol–water partition coefficient (Wildman–Crippen LogP) is 4.92. The maximum atomic E-state index is 16.8. The number of aromatic nitrogens is 2. The van der Waals surface area contributed by atoms with Crippen LogP contribution in [0, 0.1) is 0 Å². The molecule has 8 nitrogen and oxygen atoms in total. The predicted molar refractivity (Wildman–Crippen MR) is 137 cm³/mol. The largest absolute Gasteiger partial charge is 0.478 e. The molecule has 5 rings (SSSR count). The summed E-state index contributed by atoms with van der Waals surface area (Å²) in [5.41, 5.74) is -2.43. The standard InChI is InChI=1S/C28H19FN4O4/c29-28(20-13-11-19(12-14-20)25(34)35,26(36)32-21-9-1-5-17-7-3-15-30-23(17)21)27(37)33-22-10-2-6-18-8-4-16-31-24(18)22/h1-16H,(H,32,36)(H,33,37)(H,34,35). The molecule has 0 atom stereocenters. The van der Waals surface area contributed by atoms with E-state index in [2.05, 4.69) is 20.6 Å².